The maximum atomic E-state index is 13.1. The molecule has 0 aliphatic rings. The van der Waals surface area contributed by atoms with Gasteiger partial charge in [0.25, 0.3) is 0 Å². The topological polar surface area (TPSA) is 143 Å². The van der Waals surface area contributed by atoms with E-state index < -0.39 is 48.2 Å². The van der Waals surface area contributed by atoms with Crippen LogP contribution in [0.1, 0.15) is 38.3 Å². The van der Waals surface area contributed by atoms with E-state index in [0.717, 1.165) is 11.1 Å². The van der Waals surface area contributed by atoms with Gasteiger partial charge in [0.1, 0.15) is 24.9 Å². The van der Waals surface area contributed by atoms with Crippen molar-refractivity contribution in [2.75, 3.05) is 13.2 Å². The van der Waals surface area contributed by atoms with Crippen molar-refractivity contribution in [1.29, 1.82) is 0 Å². The van der Waals surface area contributed by atoms with Gasteiger partial charge in [-0.25, -0.2) is 9.59 Å². The molecule has 2 unspecified atom stereocenters. The zero-order valence-electron chi connectivity index (χ0n) is 21.4. The number of rotatable bonds is 12. The molecule has 10 nitrogen and oxygen atoms in total. The number of hydrogen-bond acceptors (Lipinski definition) is 7. The molecule has 0 fully saturated rings. The number of alkyl carbamates (subject to hydrolysis) is 2. The standard InChI is InChI=1S/C27H35N3O7/c1-27(2,3)37-25(34)28-16-22(30-26(35)36-18-20-12-8-5-9-13-20)24(33)29-21(23(32)17-31)15-14-19-10-6-4-7-11-19/h4-13,21-22,31H,14-18H2,1-3H3,(H,28,34)(H,29,33)(H,30,35). The summed E-state index contributed by atoms with van der Waals surface area (Å²) in [6, 6.07) is 16.1. The van der Waals surface area contributed by atoms with Crippen LogP contribution in [0.2, 0.25) is 0 Å². The number of ether oxygens (including phenoxy) is 2. The van der Waals surface area contributed by atoms with Gasteiger partial charge in [0.05, 0.1) is 12.6 Å². The van der Waals surface area contributed by atoms with Gasteiger partial charge >= 0.3 is 12.2 Å². The Morgan fingerprint density at radius 1 is 0.838 bits per heavy atom. The lowest BCUT2D eigenvalue weighted by Gasteiger charge is -2.24. The molecule has 2 aromatic rings. The van der Waals surface area contributed by atoms with Crippen LogP contribution in [-0.2, 0) is 32.1 Å². The SMILES string of the molecule is CC(C)(C)OC(=O)NCC(NC(=O)OCc1ccccc1)C(=O)NC(CCc1ccccc1)C(=O)CO. The van der Waals surface area contributed by atoms with Crippen molar-refractivity contribution < 1.29 is 33.8 Å². The van der Waals surface area contributed by atoms with E-state index in [4.69, 9.17) is 9.47 Å². The summed E-state index contributed by atoms with van der Waals surface area (Å²) in [4.78, 5) is 50.0. The number of amides is 3. The van der Waals surface area contributed by atoms with Gasteiger partial charge in [-0.05, 0) is 44.7 Å². The largest absolute Gasteiger partial charge is 0.445 e. The summed E-state index contributed by atoms with van der Waals surface area (Å²) in [6.45, 7) is 3.96. The fourth-order valence-corrected chi connectivity index (χ4v) is 3.27. The van der Waals surface area contributed by atoms with Crippen LogP contribution < -0.4 is 16.0 Å². The van der Waals surface area contributed by atoms with E-state index >= 15 is 0 Å². The van der Waals surface area contributed by atoms with E-state index in [9.17, 15) is 24.3 Å². The first-order chi connectivity index (χ1) is 17.6. The molecular formula is C27H35N3O7. The molecule has 2 atom stereocenters. The molecule has 2 rings (SSSR count). The second-order valence-corrected chi connectivity index (χ2v) is 9.35. The molecule has 0 saturated carbocycles. The molecule has 200 valence electrons. The van der Waals surface area contributed by atoms with E-state index in [1.807, 2.05) is 36.4 Å². The molecule has 0 heterocycles. The summed E-state index contributed by atoms with van der Waals surface area (Å²) in [6.07, 6.45) is -0.953. The highest BCUT2D eigenvalue weighted by Gasteiger charge is 2.28. The number of nitrogens with one attached hydrogen (secondary N) is 3. The Hall–Kier alpha value is -3.92. The number of aryl methyl sites for hydroxylation is 1. The van der Waals surface area contributed by atoms with E-state index in [1.165, 1.54) is 0 Å². The lowest BCUT2D eigenvalue weighted by atomic mass is 10.0. The first-order valence-corrected chi connectivity index (χ1v) is 12.0. The van der Waals surface area contributed by atoms with Gasteiger partial charge in [0.15, 0.2) is 5.78 Å². The molecule has 0 bridgehead atoms. The first kappa shape index (κ1) is 29.3. The molecule has 0 spiro atoms. The highest BCUT2D eigenvalue weighted by Crippen LogP contribution is 2.08. The molecule has 0 radical (unpaired) electrons. The summed E-state index contributed by atoms with van der Waals surface area (Å²) >= 11 is 0. The number of benzene rings is 2. The number of ketones is 1. The zero-order valence-corrected chi connectivity index (χ0v) is 21.4. The van der Waals surface area contributed by atoms with Crippen LogP contribution in [0, 0.1) is 0 Å². The van der Waals surface area contributed by atoms with E-state index in [2.05, 4.69) is 16.0 Å². The van der Waals surface area contributed by atoms with Gasteiger partial charge in [-0.3, -0.25) is 9.59 Å². The minimum absolute atomic E-state index is 0.0246. The molecule has 4 N–H and O–H groups in total. The van der Waals surface area contributed by atoms with Gasteiger partial charge in [0.2, 0.25) is 5.91 Å². The maximum Gasteiger partial charge on any atom is 0.408 e. The van der Waals surface area contributed by atoms with E-state index in [1.54, 1.807) is 45.0 Å². The summed E-state index contributed by atoms with van der Waals surface area (Å²) in [5.41, 5.74) is 0.943. The minimum atomic E-state index is -1.28. The molecular weight excluding hydrogens is 478 g/mol. The van der Waals surface area contributed by atoms with Crippen LogP contribution in [0.3, 0.4) is 0 Å². The average Bonchev–Trinajstić information content (AvgIpc) is 2.87. The van der Waals surface area contributed by atoms with Crippen molar-refractivity contribution in [1.82, 2.24) is 16.0 Å². The second kappa shape index (κ2) is 14.6. The minimum Gasteiger partial charge on any atom is -0.445 e. The number of Topliss-reactive ketones (excluding diaryl/α,β-unsaturated/α-hetero) is 1. The normalized spacial score (nSPS) is 12.5. The average molecular weight is 514 g/mol. The van der Waals surface area contributed by atoms with Crippen LogP contribution in [0.4, 0.5) is 9.59 Å². The van der Waals surface area contributed by atoms with Crippen LogP contribution in [0.15, 0.2) is 60.7 Å². The van der Waals surface area contributed by atoms with Crippen LogP contribution in [0.25, 0.3) is 0 Å². The Bertz CT molecular complexity index is 1020. The predicted molar refractivity (Wildman–Crippen MR) is 137 cm³/mol. The molecule has 0 aliphatic heterocycles. The third-order valence-corrected chi connectivity index (χ3v) is 5.10. The molecule has 2 aromatic carbocycles. The Kier molecular flexibility index (Phi) is 11.6. The summed E-state index contributed by atoms with van der Waals surface area (Å²) in [5.74, 6) is -1.30. The third kappa shape index (κ3) is 11.6. The van der Waals surface area contributed by atoms with E-state index in [0.29, 0.717) is 6.42 Å². The van der Waals surface area contributed by atoms with Crippen LogP contribution in [0.5, 0.6) is 0 Å². The quantitative estimate of drug-likeness (QED) is 0.341. The summed E-state index contributed by atoms with van der Waals surface area (Å²) in [7, 11) is 0. The summed E-state index contributed by atoms with van der Waals surface area (Å²) < 4.78 is 10.4. The van der Waals surface area contributed by atoms with Crippen LogP contribution in [-0.4, -0.2) is 59.8 Å². The van der Waals surface area contributed by atoms with Crippen molar-refractivity contribution in [3.63, 3.8) is 0 Å². The Labute approximate surface area is 216 Å². The molecule has 0 aromatic heterocycles. The van der Waals surface area contributed by atoms with Gasteiger partial charge in [0, 0.05) is 0 Å². The monoisotopic (exact) mass is 513 g/mol. The Morgan fingerprint density at radius 3 is 2.00 bits per heavy atom. The van der Waals surface area contributed by atoms with Crippen molar-refractivity contribution >= 4 is 23.9 Å². The number of hydrogen-bond donors (Lipinski definition) is 4. The maximum absolute atomic E-state index is 13.1. The molecule has 37 heavy (non-hydrogen) atoms. The lowest BCUT2D eigenvalue weighted by Crippen LogP contribution is -2.56. The van der Waals surface area contributed by atoms with E-state index in [-0.39, 0.29) is 19.6 Å². The Morgan fingerprint density at radius 2 is 1.43 bits per heavy atom. The number of carbonyl (C=O) groups excluding carboxylic acids is 4. The highest BCUT2D eigenvalue weighted by atomic mass is 16.6. The highest BCUT2D eigenvalue weighted by molar-refractivity contribution is 5.93. The molecule has 0 saturated heterocycles. The number of carbonyl (C=O) groups is 4. The van der Waals surface area contributed by atoms with Crippen molar-refractivity contribution in [2.24, 2.45) is 0 Å². The van der Waals surface area contributed by atoms with Gasteiger partial charge in [-0.1, -0.05) is 60.7 Å². The number of aliphatic hydroxyl groups excluding tert-OH is 1. The van der Waals surface area contributed by atoms with Gasteiger partial charge in [-0.2, -0.15) is 0 Å². The third-order valence-electron chi connectivity index (χ3n) is 5.10. The zero-order chi connectivity index (χ0) is 27.3. The molecule has 10 heteroatoms. The van der Waals surface area contributed by atoms with Gasteiger partial charge in [-0.15, -0.1) is 0 Å². The fourth-order valence-electron chi connectivity index (χ4n) is 3.27. The fraction of sp³-hybridized carbons (Fsp3) is 0.407. The predicted octanol–water partition coefficient (Wildman–Crippen LogP) is 2.49. The van der Waals surface area contributed by atoms with Crippen molar-refractivity contribution in [2.45, 2.75) is 57.9 Å². The number of aliphatic hydroxyl groups is 1. The molecule has 0 aliphatic carbocycles. The molecule has 3 amide bonds. The van der Waals surface area contributed by atoms with Crippen LogP contribution >= 0.6 is 0 Å². The Balaban J connectivity index is 2.06. The summed E-state index contributed by atoms with van der Waals surface area (Å²) in [5, 5.41) is 16.8. The van der Waals surface area contributed by atoms with Crippen molar-refractivity contribution in [3.8, 4) is 0 Å². The first-order valence-electron chi connectivity index (χ1n) is 12.0. The van der Waals surface area contributed by atoms with Crippen molar-refractivity contribution in [3.05, 3.63) is 71.8 Å². The van der Waals surface area contributed by atoms with Gasteiger partial charge < -0.3 is 30.5 Å². The second-order valence-electron chi connectivity index (χ2n) is 9.35. The smallest absolute Gasteiger partial charge is 0.408 e. The lowest BCUT2D eigenvalue weighted by molar-refractivity contribution is -0.130.